The fourth-order valence-corrected chi connectivity index (χ4v) is 7.59. The molecule has 0 spiro atoms. The third kappa shape index (κ3) is 6.25. The van der Waals surface area contributed by atoms with Crippen molar-refractivity contribution in [1.29, 1.82) is 0 Å². The summed E-state index contributed by atoms with van der Waals surface area (Å²) in [5, 5.41) is 0. The maximum absolute atomic E-state index is 15.5. The van der Waals surface area contributed by atoms with Gasteiger partial charge in [-0.05, 0) is 68.6 Å². The first-order chi connectivity index (χ1) is 9.57. The van der Waals surface area contributed by atoms with E-state index in [1.54, 1.807) is 9.34 Å². The number of hydrogen-bond donors (Lipinski definition) is 0. The summed E-state index contributed by atoms with van der Waals surface area (Å²) in [4.78, 5) is 0. The zero-order valence-electron chi connectivity index (χ0n) is 15.3. The van der Waals surface area contributed by atoms with Crippen LogP contribution in [0.15, 0.2) is 0 Å². The van der Waals surface area contributed by atoms with Crippen LogP contribution in [0.2, 0.25) is 0 Å². The molecule has 0 heterocycles. The summed E-state index contributed by atoms with van der Waals surface area (Å²) < 4.78 is 23.5. The van der Waals surface area contributed by atoms with Gasteiger partial charge >= 0.3 is 0 Å². The van der Waals surface area contributed by atoms with Crippen molar-refractivity contribution in [3.63, 3.8) is 0 Å². The van der Waals surface area contributed by atoms with Crippen LogP contribution in [0, 0.1) is 0 Å². The fraction of sp³-hybridized carbons (Fsp3) is 0.929. The van der Waals surface area contributed by atoms with Crippen LogP contribution in [0.5, 0.6) is 0 Å². The number of hydrogen-bond acceptors (Lipinski definition) is 4. The lowest BCUT2D eigenvalue weighted by Gasteiger charge is -2.38. The van der Waals surface area contributed by atoms with Crippen LogP contribution >= 0.6 is 15.7 Å². The first-order valence-corrected chi connectivity index (χ1v) is 10.5. The fourth-order valence-electron chi connectivity index (χ4n) is 2.46. The van der Waals surface area contributed by atoms with Gasteiger partial charge in [0, 0.05) is 13.9 Å². The molecule has 0 amide bonds. The lowest BCUT2D eigenvalue weighted by molar-refractivity contribution is 0.512. The monoisotopic (exact) mass is 340 g/mol. The molecule has 0 aliphatic heterocycles. The zero-order valence-corrected chi connectivity index (χ0v) is 17.1. The molecule has 0 bridgehead atoms. The van der Waals surface area contributed by atoms with E-state index in [1.165, 1.54) is 0 Å². The van der Waals surface area contributed by atoms with Crippen LogP contribution in [0.4, 0.5) is 4.20 Å². The number of nitrogens with zero attached hydrogens (tertiary/aromatic N) is 4. The van der Waals surface area contributed by atoms with Crippen molar-refractivity contribution < 1.29 is 4.20 Å². The van der Waals surface area contributed by atoms with E-state index in [0.29, 0.717) is 0 Å². The van der Waals surface area contributed by atoms with Gasteiger partial charge in [-0.3, -0.25) is 18.7 Å². The largest absolute Gasteiger partial charge is 0.276 e. The minimum absolute atomic E-state index is 0.271. The van der Waals surface area contributed by atoms with Crippen LogP contribution in [0.3, 0.4) is 0 Å². The van der Waals surface area contributed by atoms with Crippen LogP contribution < -0.4 is 0 Å². The van der Waals surface area contributed by atoms with Gasteiger partial charge in [0.05, 0.1) is 0 Å². The van der Waals surface area contributed by atoms with Crippen LogP contribution in [0.1, 0.15) is 26.2 Å². The Morgan fingerprint density at radius 2 is 1.38 bits per heavy atom. The lowest BCUT2D eigenvalue weighted by Crippen LogP contribution is -2.29. The molecule has 128 valence electrons. The van der Waals surface area contributed by atoms with Crippen molar-refractivity contribution in [2.45, 2.75) is 31.8 Å². The molecule has 0 saturated heterocycles. The highest BCUT2D eigenvalue weighted by molar-refractivity contribution is 7.67. The topological polar surface area (TPSA) is 13.0 Å². The van der Waals surface area contributed by atoms with Crippen LogP contribution in [0.25, 0.3) is 0 Å². The highest BCUT2D eigenvalue weighted by Crippen LogP contribution is 2.56. The van der Waals surface area contributed by atoms with E-state index in [-0.39, 0.29) is 5.66 Å². The van der Waals surface area contributed by atoms with Crippen LogP contribution in [-0.2, 0) is 0 Å². The Kier molecular flexibility index (Phi) is 9.83. The van der Waals surface area contributed by atoms with Gasteiger partial charge < -0.3 is 0 Å². The molecule has 7 heteroatoms. The summed E-state index contributed by atoms with van der Waals surface area (Å²) in [6.07, 6.45) is 3.34. The maximum atomic E-state index is 15.5. The number of unbranched alkanes of at least 4 members (excludes halogenated alkanes) is 1. The predicted octanol–water partition coefficient (Wildman–Crippen LogP) is 3.64. The van der Waals surface area contributed by atoms with E-state index in [9.17, 15) is 0 Å². The molecule has 1 unspecified atom stereocenters. The average molecular weight is 340 g/mol. The number of halogens is 1. The summed E-state index contributed by atoms with van der Waals surface area (Å²) in [5.74, 6) is 2.01. The minimum Gasteiger partial charge on any atom is -0.276 e. The molecule has 0 rings (SSSR count). The third-order valence-corrected chi connectivity index (χ3v) is 9.31. The Balaban J connectivity index is 5.68. The van der Waals surface area contributed by atoms with Gasteiger partial charge in [-0.2, -0.15) is 4.20 Å². The van der Waals surface area contributed by atoms with Crippen molar-refractivity contribution >= 4 is 21.5 Å². The van der Waals surface area contributed by atoms with Gasteiger partial charge in [0.15, 0.2) is 7.50 Å². The summed E-state index contributed by atoms with van der Waals surface area (Å²) in [6, 6.07) is 0. The Hall–Kier alpha value is 0.500. The summed E-state index contributed by atoms with van der Waals surface area (Å²) in [5.41, 5.74) is 0.271. The van der Waals surface area contributed by atoms with Crippen molar-refractivity contribution in [3.8, 4) is 0 Å². The van der Waals surface area contributed by atoms with Crippen molar-refractivity contribution in [3.05, 3.63) is 0 Å². The first kappa shape index (κ1) is 21.5. The molecular weight excluding hydrogens is 305 g/mol. The standard InChI is InChI=1S/C14H35FN4P2/c1-10-11-12-14(20(16(2)3)17(4)5)13-21(15,18(6)7)19(8)9/h13-14H,10-12H2,1-9H3. The first-order valence-electron chi connectivity index (χ1n) is 7.51. The second-order valence-electron chi connectivity index (χ2n) is 6.14. The quantitative estimate of drug-likeness (QED) is 0.594. The van der Waals surface area contributed by atoms with E-state index in [2.05, 4.69) is 44.5 Å². The molecule has 0 aliphatic carbocycles. The second kappa shape index (κ2) is 9.60. The molecular formula is C14H35FN4P2. The zero-order chi connectivity index (χ0) is 16.8. The Bertz CT molecular complexity index is 326. The van der Waals surface area contributed by atoms with Gasteiger partial charge in [-0.15, -0.1) is 0 Å². The summed E-state index contributed by atoms with van der Waals surface area (Å²) in [7, 11) is 12.4. The second-order valence-corrected chi connectivity index (χ2v) is 12.1. The third-order valence-electron chi connectivity index (χ3n) is 3.45. The number of rotatable bonds is 9. The molecule has 0 aliphatic rings. The summed E-state index contributed by atoms with van der Waals surface area (Å²) >= 11 is 0. The molecule has 21 heavy (non-hydrogen) atoms. The van der Waals surface area contributed by atoms with Gasteiger partial charge in [0.1, 0.15) is 0 Å². The molecule has 0 fully saturated rings. The smallest absolute Gasteiger partial charge is 0.179 e. The highest BCUT2D eigenvalue weighted by atomic mass is 31.2. The van der Waals surface area contributed by atoms with E-state index < -0.39 is 15.7 Å². The van der Waals surface area contributed by atoms with Crippen molar-refractivity contribution in [2.24, 2.45) is 0 Å². The van der Waals surface area contributed by atoms with E-state index >= 15 is 4.20 Å². The highest BCUT2D eigenvalue weighted by Gasteiger charge is 2.30. The molecule has 4 nitrogen and oxygen atoms in total. The molecule has 0 aromatic rings. The molecule has 0 aromatic carbocycles. The van der Waals surface area contributed by atoms with Gasteiger partial charge in [0.25, 0.3) is 0 Å². The molecule has 0 saturated carbocycles. The maximum Gasteiger partial charge on any atom is 0.179 e. The SMILES string of the molecule is CCCCC(C=P(F)(N(C)C)N(C)C)P(N(C)C)N(C)C. The lowest BCUT2D eigenvalue weighted by atomic mass is 10.2. The normalized spacial score (nSPS) is 14.8. The van der Waals surface area contributed by atoms with Crippen molar-refractivity contribution in [2.75, 3.05) is 56.4 Å². The summed E-state index contributed by atoms with van der Waals surface area (Å²) in [6.45, 7) is 2.19. The molecule has 0 radical (unpaired) electrons. The van der Waals surface area contributed by atoms with E-state index in [4.69, 9.17) is 0 Å². The minimum atomic E-state index is -2.84. The Morgan fingerprint density at radius 3 is 1.67 bits per heavy atom. The van der Waals surface area contributed by atoms with E-state index in [1.807, 2.05) is 34.0 Å². The van der Waals surface area contributed by atoms with Gasteiger partial charge in [-0.25, -0.2) is 0 Å². The molecule has 0 N–H and O–H groups in total. The Morgan fingerprint density at radius 1 is 0.952 bits per heavy atom. The van der Waals surface area contributed by atoms with E-state index in [0.717, 1.165) is 19.3 Å². The van der Waals surface area contributed by atoms with Gasteiger partial charge in [0.2, 0.25) is 0 Å². The molecule has 1 atom stereocenters. The van der Waals surface area contributed by atoms with Gasteiger partial charge in [-0.1, -0.05) is 19.8 Å². The average Bonchev–Trinajstić information content (AvgIpc) is 2.34. The Labute approximate surface area is 133 Å². The molecule has 0 aromatic heterocycles. The van der Waals surface area contributed by atoms with Crippen LogP contribution in [-0.4, -0.2) is 86.5 Å². The van der Waals surface area contributed by atoms with Crippen molar-refractivity contribution in [1.82, 2.24) is 18.7 Å². The predicted molar refractivity (Wildman–Crippen MR) is 99.1 cm³/mol.